The first-order chi connectivity index (χ1) is 24.5. The predicted molar refractivity (Wildman–Crippen MR) is 220 cm³/mol. The zero-order chi connectivity index (χ0) is 39.3. The molecule has 0 saturated heterocycles. The number of nitrogens with zero attached hydrogens (tertiary/aromatic N) is 2. The predicted octanol–water partition coefficient (Wildman–Crippen LogP) is 7.36. The smallest absolute Gasteiger partial charge is 0.311 e. The Morgan fingerprint density at radius 3 is 2.09 bits per heavy atom. The maximum absolute atomic E-state index is 14.0. The number of alkyl halides is 4. The molecule has 1 fully saturated rings. The van der Waals surface area contributed by atoms with Gasteiger partial charge in [-0.05, 0) is 104 Å². The molecule has 2 heterocycles. The number of hydrogen-bond donors (Lipinski definition) is 1. The number of hydrogen-bond acceptors (Lipinski definition) is 5. The first-order valence-corrected chi connectivity index (χ1v) is 21.8. The third kappa shape index (κ3) is 6.59. The Bertz CT molecular complexity index is 2190. The second-order valence-corrected chi connectivity index (χ2v) is 19.9. The summed E-state index contributed by atoms with van der Waals surface area (Å²) in [6.45, 7) is 22.6. The van der Waals surface area contributed by atoms with Crippen LogP contribution >= 0.6 is 46.4 Å². The van der Waals surface area contributed by atoms with Gasteiger partial charge in [0, 0.05) is 49.0 Å². The average Bonchev–Trinajstić information content (AvgIpc) is 3.04. The highest BCUT2D eigenvalue weighted by Crippen LogP contribution is 2.53. The molecule has 12 heteroatoms. The summed E-state index contributed by atoms with van der Waals surface area (Å²) < 4.78 is 43.1. The summed E-state index contributed by atoms with van der Waals surface area (Å²) in [5, 5.41) is -1.64. The van der Waals surface area contributed by atoms with Crippen LogP contribution in [0.1, 0.15) is 97.1 Å². The fourth-order valence-electron chi connectivity index (χ4n) is 9.68. The maximum Gasteiger partial charge on any atom is 0.311 e. The van der Waals surface area contributed by atoms with E-state index in [0.717, 1.165) is 56.2 Å². The molecular formula is C41H51Cl4N2O5S+. The molecular weight excluding hydrogens is 774 g/mol. The van der Waals surface area contributed by atoms with Crippen molar-refractivity contribution < 1.29 is 22.5 Å². The summed E-state index contributed by atoms with van der Waals surface area (Å²) >= 11 is 28.4. The highest BCUT2D eigenvalue weighted by Gasteiger charge is 2.55. The molecule has 6 unspecified atom stereocenters. The number of anilines is 1. The van der Waals surface area contributed by atoms with Crippen LogP contribution in [0.25, 0.3) is 16.7 Å². The first kappa shape index (κ1) is 40.6. The molecule has 2 aliphatic carbocycles. The monoisotopic (exact) mass is 823 g/mol. The van der Waals surface area contributed by atoms with Crippen LogP contribution in [0.2, 0.25) is 0 Å². The molecule has 4 aliphatic rings. The van der Waals surface area contributed by atoms with Crippen LogP contribution < -0.4 is 20.1 Å². The minimum Gasteiger partial charge on any atom is -0.466 e. The molecule has 1 N–H and O–H groups in total. The van der Waals surface area contributed by atoms with Crippen molar-refractivity contribution in [1.29, 1.82) is 0 Å². The van der Waals surface area contributed by atoms with Crippen molar-refractivity contribution in [1.82, 2.24) is 4.58 Å². The number of carbonyl (C=O) groups excluding carboxylic acids is 1. The van der Waals surface area contributed by atoms with Crippen molar-refractivity contribution in [2.24, 2.45) is 11.8 Å². The Kier molecular flexibility index (Phi) is 10.6. The Hall–Kier alpha value is -2.07. The number of carbonyl (C=O) groups is 1. The van der Waals surface area contributed by atoms with Gasteiger partial charge in [-0.2, -0.15) is 8.42 Å². The van der Waals surface area contributed by atoms with E-state index in [2.05, 4.69) is 82.2 Å². The van der Waals surface area contributed by atoms with Crippen LogP contribution in [0.5, 0.6) is 0 Å². The van der Waals surface area contributed by atoms with Gasteiger partial charge < -0.3 is 9.64 Å². The first-order valence-electron chi connectivity index (χ1n) is 18.4. The number of ether oxygens (including phenoxy) is 1. The maximum atomic E-state index is 14.0. The van der Waals surface area contributed by atoms with E-state index in [1.807, 2.05) is 26.0 Å². The fraction of sp³-hybridized carbons (Fsp3) is 0.561. The van der Waals surface area contributed by atoms with Crippen LogP contribution in [0, 0.1) is 11.8 Å². The molecule has 288 valence electrons. The second-order valence-electron chi connectivity index (χ2n) is 16.5. The third-order valence-electron chi connectivity index (χ3n) is 11.9. The summed E-state index contributed by atoms with van der Waals surface area (Å²) in [6.07, 6.45) is 4.20. The minimum absolute atomic E-state index is 0.144. The van der Waals surface area contributed by atoms with E-state index < -0.39 is 66.1 Å². The molecule has 2 aromatic carbocycles. The summed E-state index contributed by atoms with van der Waals surface area (Å²) in [5.41, 5.74) is 6.90. The lowest BCUT2D eigenvalue weighted by molar-refractivity contribution is -0.149. The Balaban J connectivity index is 1.84. The quantitative estimate of drug-likeness (QED) is 0.136. The molecule has 2 aromatic rings. The van der Waals surface area contributed by atoms with Gasteiger partial charge >= 0.3 is 5.97 Å². The van der Waals surface area contributed by atoms with Crippen molar-refractivity contribution in [2.45, 2.75) is 107 Å². The van der Waals surface area contributed by atoms with Crippen molar-refractivity contribution in [3.8, 4) is 0 Å². The van der Waals surface area contributed by atoms with Crippen molar-refractivity contribution in [3.05, 3.63) is 74.8 Å². The number of halogens is 4. The van der Waals surface area contributed by atoms with Crippen molar-refractivity contribution in [3.63, 3.8) is 0 Å². The molecule has 1 saturated carbocycles. The zero-order valence-electron chi connectivity index (χ0n) is 32.2. The van der Waals surface area contributed by atoms with Gasteiger partial charge in [-0.25, -0.2) is 4.58 Å². The number of likely N-dealkylation sites (N-methyl/N-ethyl adjacent to an activating group) is 2. The largest absolute Gasteiger partial charge is 0.466 e. The van der Waals surface area contributed by atoms with E-state index in [0.29, 0.717) is 17.7 Å². The molecule has 2 aliphatic heterocycles. The van der Waals surface area contributed by atoms with Crippen LogP contribution in [0.15, 0.2) is 36.4 Å². The van der Waals surface area contributed by atoms with Gasteiger partial charge in [-0.1, -0.05) is 19.9 Å². The average molecular weight is 826 g/mol. The lowest BCUT2D eigenvalue weighted by Gasteiger charge is -2.47. The van der Waals surface area contributed by atoms with Gasteiger partial charge in [0.05, 0.1) is 45.1 Å². The van der Waals surface area contributed by atoms with E-state index in [-0.39, 0.29) is 12.1 Å². The van der Waals surface area contributed by atoms with Gasteiger partial charge in [0.2, 0.25) is 5.36 Å². The summed E-state index contributed by atoms with van der Waals surface area (Å²) in [7, 11) is -4.39. The lowest BCUT2D eigenvalue weighted by atomic mass is 9.63. The van der Waals surface area contributed by atoms with Gasteiger partial charge in [0.1, 0.15) is 12.3 Å². The van der Waals surface area contributed by atoms with E-state index in [1.54, 1.807) is 6.92 Å². The van der Waals surface area contributed by atoms with Crippen LogP contribution in [0.3, 0.4) is 0 Å². The van der Waals surface area contributed by atoms with Gasteiger partial charge in [-0.15, -0.1) is 46.4 Å². The summed E-state index contributed by atoms with van der Waals surface area (Å²) in [4.78, 5) is 16.4. The number of rotatable bonds is 7. The van der Waals surface area contributed by atoms with Crippen LogP contribution in [-0.2, 0) is 25.1 Å². The fourth-order valence-corrected chi connectivity index (χ4v) is 11.9. The van der Waals surface area contributed by atoms with E-state index >= 15 is 0 Å². The standard InChI is InChI=1S/C41H50Cl4N2O5S/c1-11-46-29-16-27-25(14-23(29)21(4)18-39(46,5)6)31(32-33(38(48)52-13-3)35(43)37(45)36(44)34(32)42)26-15-24-22(20-53(49,50)51)19-40(7,8)47(12-2)30(24)17-28(26)41(27,9)10/h14-19,32-37H,11-13,20H2,1-10H3/p+1. The van der Waals surface area contributed by atoms with Crippen LogP contribution in [0.4, 0.5) is 5.69 Å². The minimum atomic E-state index is -4.39. The van der Waals surface area contributed by atoms with Gasteiger partial charge in [0.15, 0.2) is 5.54 Å². The Morgan fingerprint density at radius 1 is 0.868 bits per heavy atom. The second kappa shape index (κ2) is 13.8. The SMILES string of the molecule is CCOC(=O)C1C(Cl)C(Cl)C(Cl)C(Cl)C1C1=c2cc3c(cc2C(C)(C)c2cc4c(cc21)C(C)=CC(C)(C)N4CC)=[N+](CC)C(C)(C)C=C3CS(=O)(=O)O. The molecule has 0 radical (unpaired) electrons. The molecule has 0 spiro atoms. The van der Waals surface area contributed by atoms with E-state index in [4.69, 9.17) is 51.1 Å². The van der Waals surface area contributed by atoms with Crippen LogP contribution in [-0.4, -0.2) is 77.0 Å². The highest BCUT2D eigenvalue weighted by molar-refractivity contribution is 7.86. The highest BCUT2D eigenvalue weighted by atomic mass is 35.5. The van der Waals surface area contributed by atoms with Gasteiger partial charge in [-0.3, -0.25) is 9.35 Å². The molecule has 0 aromatic heterocycles. The zero-order valence-corrected chi connectivity index (χ0v) is 36.0. The molecule has 7 nitrogen and oxygen atoms in total. The van der Waals surface area contributed by atoms with Crippen molar-refractivity contribution >= 4 is 84.9 Å². The Labute approximate surface area is 334 Å². The normalized spacial score (nSPS) is 28.2. The third-order valence-corrected chi connectivity index (χ3v) is 15.1. The number of benzene rings is 2. The summed E-state index contributed by atoms with van der Waals surface area (Å²) in [6, 6.07) is 8.70. The van der Waals surface area contributed by atoms with Crippen molar-refractivity contribution in [2.75, 3.05) is 30.3 Å². The number of fused-ring (bicyclic) bond motifs is 4. The van der Waals surface area contributed by atoms with Gasteiger partial charge in [0.25, 0.3) is 10.1 Å². The molecule has 0 bridgehead atoms. The van der Waals surface area contributed by atoms with E-state index in [9.17, 15) is 17.8 Å². The molecule has 6 rings (SSSR count). The molecule has 6 atom stereocenters. The number of allylic oxidation sites excluding steroid dienone is 1. The summed E-state index contributed by atoms with van der Waals surface area (Å²) in [5.74, 6) is -2.73. The Morgan fingerprint density at radius 2 is 1.51 bits per heavy atom. The molecule has 0 amide bonds. The number of esters is 1. The topological polar surface area (TPSA) is 86.9 Å². The molecule has 53 heavy (non-hydrogen) atoms. The van der Waals surface area contributed by atoms with E-state index in [1.165, 1.54) is 0 Å². The lowest BCUT2D eigenvalue weighted by Crippen LogP contribution is -2.55.